The minimum absolute atomic E-state index is 0.607. The van der Waals surface area contributed by atoms with Gasteiger partial charge in [0.05, 0.1) is 0 Å². The second kappa shape index (κ2) is 4.16. The highest BCUT2D eigenvalue weighted by Gasteiger charge is 2.43. The van der Waals surface area contributed by atoms with E-state index in [-0.39, 0.29) is 0 Å². The summed E-state index contributed by atoms with van der Waals surface area (Å²) in [6, 6.07) is 7.52. The van der Waals surface area contributed by atoms with E-state index in [0.29, 0.717) is 18.6 Å². The van der Waals surface area contributed by atoms with Crippen molar-refractivity contribution in [2.24, 2.45) is 0 Å². The quantitative estimate of drug-likeness (QED) is 0.852. The fourth-order valence-corrected chi connectivity index (χ4v) is 2.14. The third kappa shape index (κ3) is 2.03. The van der Waals surface area contributed by atoms with E-state index in [2.05, 4.69) is 0 Å². The highest BCUT2D eigenvalue weighted by Crippen LogP contribution is 2.34. The van der Waals surface area contributed by atoms with Gasteiger partial charge in [0.25, 0.3) is 0 Å². The van der Waals surface area contributed by atoms with E-state index < -0.39 is 11.6 Å². The molecule has 1 N–H and O–H groups in total. The van der Waals surface area contributed by atoms with Crippen LogP contribution in [0.5, 0.6) is 5.75 Å². The molecule has 0 heterocycles. The van der Waals surface area contributed by atoms with Gasteiger partial charge in [0, 0.05) is 0 Å². The lowest BCUT2D eigenvalue weighted by atomic mass is 10.0. The summed E-state index contributed by atoms with van der Waals surface area (Å²) in [6.45, 7) is 1.99. The van der Waals surface area contributed by atoms with E-state index in [1.54, 1.807) is 0 Å². The molecule has 2 rings (SSSR count). The summed E-state index contributed by atoms with van der Waals surface area (Å²) in [5.74, 6) is -0.194. The van der Waals surface area contributed by atoms with Crippen LogP contribution in [0.15, 0.2) is 24.3 Å². The third-order valence-corrected chi connectivity index (χ3v) is 3.14. The second-order valence-electron chi connectivity index (χ2n) is 4.42. The van der Waals surface area contributed by atoms with Gasteiger partial charge in [-0.2, -0.15) is 0 Å². The first kappa shape index (κ1) is 11.0. The van der Waals surface area contributed by atoms with Crippen molar-refractivity contribution in [3.8, 4) is 5.75 Å². The van der Waals surface area contributed by atoms with E-state index in [9.17, 15) is 9.90 Å². The number of benzene rings is 1. The van der Waals surface area contributed by atoms with Gasteiger partial charge in [0.2, 0.25) is 5.60 Å². The highest BCUT2D eigenvalue weighted by molar-refractivity contribution is 5.78. The maximum atomic E-state index is 11.3. The molecule has 0 unspecified atom stereocenters. The van der Waals surface area contributed by atoms with Gasteiger partial charge in [-0.05, 0) is 44.7 Å². The Labute approximate surface area is 95.0 Å². The molecule has 0 aliphatic heterocycles. The molecule has 1 aromatic carbocycles. The van der Waals surface area contributed by atoms with Gasteiger partial charge in [0.1, 0.15) is 5.75 Å². The predicted molar refractivity (Wildman–Crippen MR) is 60.6 cm³/mol. The molecular weight excluding hydrogens is 204 g/mol. The van der Waals surface area contributed by atoms with Gasteiger partial charge >= 0.3 is 5.97 Å². The minimum atomic E-state index is -0.991. The Morgan fingerprint density at radius 2 is 1.81 bits per heavy atom. The van der Waals surface area contributed by atoms with Crippen molar-refractivity contribution < 1.29 is 14.6 Å². The number of aliphatic carboxylic acids is 1. The predicted octanol–water partition coefficient (Wildman–Crippen LogP) is 2.77. The lowest BCUT2D eigenvalue weighted by Crippen LogP contribution is -2.41. The molecule has 3 nitrogen and oxygen atoms in total. The zero-order chi connectivity index (χ0) is 11.6. The van der Waals surface area contributed by atoms with Crippen LogP contribution in [-0.2, 0) is 4.79 Å². The first-order valence-electron chi connectivity index (χ1n) is 5.61. The van der Waals surface area contributed by atoms with Crippen LogP contribution in [0, 0.1) is 6.92 Å². The summed E-state index contributed by atoms with van der Waals surface area (Å²) < 4.78 is 5.68. The van der Waals surface area contributed by atoms with E-state index in [0.717, 1.165) is 18.4 Å². The van der Waals surface area contributed by atoms with Crippen molar-refractivity contribution in [2.45, 2.75) is 38.2 Å². The van der Waals surface area contributed by atoms with Crippen molar-refractivity contribution in [3.05, 3.63) is 29.8 Å². The van der Waals surface area contributed by atoms with Gasteiger partial charge in [-0.15, -0.1) is 0 Å². The fourth-order valence-electron chi connectivity index (χ4n) is 2.14. The van der Waals surface area contributed by atoms with Crippen LogP contribution >= 0.6 is 0 Å². The van der Waals surface area contributed by atoms with Crippen molar-refractivity contribution in [1.82, 2.24) is 0 Å². The first-order valence-corrected chi connectivity index (χ1v) is 5.61. The maximum Gasteiger partial charge on any atom is 0.348 e. The molecule has 16 heavy (non-hydrogen) atoms. The lowest BCUT2D eigenvalue weighted by molar-refractivity contribution is -0.154. The number of rotatable bonds is 3. The zero-order valence-corrected chi connectivity index (χ0v) is 9.40. The highest BCUT2D eigenvalue weighted by atomic mass is 16.5. The van der Waals surface area contributed by atoms with Gasteiger partial charge in [-0.1, -0.05) is 17.7 Å². The molecule has 1 aromatic rings. The first-order chi connectivity index (χ1) is 7.62. The maximum absolute atomic E-state index is 11.3. The van der Waals surface area contributed by atoms with Crippen LogP contribution in [0.1, 0.15) is 31.2 Å². The number of carboxylic acids is 1. The van der Waals surface area contributed by atoms with Gasteiger partial charge in [0.15, 0.2) is 0 Å². The molecule has 0 bridgehead atoms. The Hall–Kier alpha value is -1.51. The zero-order valence-electron chi connectivity index (χ0n) is 9.40. The molecule has 1 aliphatic rings. The molecule has 0 spiro atoms. The van der Waals surface area contributed by atoms with Crippen molar-refractivity contribution in [2.75, 3.05) is 0 Å². The SMILES string of the molecule is Cc1ccc(OC2(C(=O)O)CCCC2)cc1. The van der Waals surface area contributed by atoms with Gasteiger partial charge in [-0.25, -0.2) is 4.79 Å². The normalized spacial score (nSPS) is 18.3. The van der Waals surface area contributed by atoms with E-state index >= 15 is 0 Å². The van der Waals surface area contributed by atoms with Crippen LogP contribution in [-0.4, -0.2) is 16.7 Å². The second-order valence-corrected chi connectivity index (χ2v) is 4.42. The van der Waals surface area contributed by atoms with Crippen molar-refractivity contribution >= 4 is 5.97 Å². The molecule has 0 aromatic heterocycles. The van der Waals surface area contributed by atoms with Crippen LogP contribution in [0.4, 0.5) is 0 Å². The number of hydrogen-bond donors (Lipinski definition) is 1. The molecule has 1 aliphatic carbocycles. The number of aryl methyl sites for hydroxylation is 1. The standard InChI is InChI=1S/C13H16O3/c1-10-4-6-11(7-5-10)16-13(12(14)15)8-2-3-9-13/h4-7H,2-3,8-9H2,1H3,(H,14,15). The van der Waals surface area contributed by atoms with E-state index in [4.69, 9.17) is 4.74 Å². The molecule has 86 valence electrons. The largest absolute Gasteiger partial charge is 0.478 e. The summed E-state index contributed by atoms with van der Waals surface area (Å²) in [6.07, 6.45) is 3.07. The molecule has 1 fully saturated rings. The molecule has 0 amide bonds. The molecule has 0 saturated heterocycles. The lowest BCUT2D eigenvalue weighted by Gasteiger charge is -2.25. The Morgan fingerprint density at radius 3 is 2.31 bits per heavy atom. The van der Waals surface area contributed by atoms with Crippen LogP contribution in [0.2, 0.25) is 0 Å². The monoisotopic (exact) mass is 220 g/mol. The topological polar surface area (TPSA) is 46.5 Å². The summed E-state index contributed by atoms with van der Waals surface area (Å²) in [7, 11) is 0. The van der Waals surface area contributed by atoms with Crippen molar-refractivity contribution in [3.63, 3.8) is 0 Å². The van der Waals surface area contributed by atoms with Gasteiger partial charge < -0.3 is 9.84 Å². The number of hydrogen-bond acceptors (Lipinski definition) is 2. The number of ether oxygens (including phenoxy) is 1. The van der Waals surface area contributed by atoms with Crippen molar-refractivity contribution in [1.29, 1.82) is 0 Å². The number of carbonyl (C=O) groups is 1. The molecule has 3 heteroatoms. The summed E-state index contributed by atoms with van der Waals surface area (Å²) in [5.41, 5.74) is 0.151. The van der Waals surface area contributed by atoms with E-state index in [1.807, 2.05) is 31.2 Å². The third-order valence-electron chi connectivity index (χ3n) is 3.14. The van der Waals surface area contributed by atoms with Crippen LogP contribution < -0.4 is 4.74 Å². The Morgan fingerprint density at radius 1 is 1.25 bits per heavy atom. The molecule has 1 saturated carbocycles. The summed E-state index contributed by atoms with van der Waals surface area (Å²) >= 11 is 0. The summed E-state index contributed by atoms with van der Waals surface area (Å²) in [5, 5.41) is 9.25. The average Bonchev–Trinajstić information content (AvgIpc) is 2.71. The Kier molecular flexibility index (Phi) is 2.86. The fraction of sp³-hybridized carbons (Fsp3) is 0.462. The smallest absolute Gasteiger partial charge is 0.348 e. The van der Waals surface area contributed by atoms with E-state index in [1.165, 1.54) is 0 Å². The molecule has 0 atom stereocenters. The summed E-state index contributed by atoms with van der Waals surface area (Å²) in [4.78, 5) is 11.3. The molecular formula is C13H16O3. The van der Waals surface area contributed by atoms with Crippen LogP contribution in [0.25, 0.3) is 0 Å². The number of carboxylic acid groups (broad SMARTS) is 1. The van der Waals surface area contributed by atoms with Gasteiger partial charge in [-0.3, -0.25) is 0 Å². The Balaban J connectivity index is 2.18. The minimum Gasteiger partial charge on any atom is -0.478 e. The average molecular weight is 220 g/mol. The Bertz CT molecular complexity index is 375. The molecule has 0 radical (unpaired) electrons. The van der Waals surface area contributed by atoms with Crippen LogP contribution in [0.3, 0.4) is 0 Å².